The van der Waals surface area contributed by atoms with Gasteiger partial charge in [-0.2, -0.15) is 4.31 Å². The molecule has 1 aromatic carbocycles. The third-order valence-electron chi connectivity index (χ3n) is 6.30. The summed E-state index contributed by atoms with van der Waals surface area (Å²) in [5, 5.41) is 0. The van der Waals surface area contributed by atoms with Crippen molar-refractivity contribution in [3.05, 3.63) is 29.8 Å². The molecule has 6 nitrogen and oxygen atoms in total. The molecule has 0 radical (unpaired) electrons. The minimum atomic E-state index is -3.48. The Kier molecular flexibility index (Phi) is 6.78. The van der Waals surface area contributed by atoms with Gasteiger partial charge in [-0.15, -0.1) is 0 Å². The maximum Gasteiger partial charge on any atom is 0.243 e. The Morgan fingerprint density at radius 2 is 1.54 bits per heavy atom. The molecule has 2 fully saturated rings. The van der Waals surface area contributed by atoms with Crippen molar-refractivity contribution in [3.63, 3.8) is 0 Å². The molecule has 28 heavy (non-hydrogen) atoms. The number of sulfonamides is 1. The van der Waals surface area contributed by atoms with E-state index in [4.69, 9.17) is 0 Å². The summed E-state index contributed by atoms with van der Waals surface area (Å²) >= 11 is 0. The molecule has 1 aromatic rings. The van der Waals surface area contributed by atoms with Crippen LogP contribution < -0.4 is 0 Å². The predicted octanol–water partition coefficient (Wildman–Crippen LogP) is 2.52. The summed E-state index contributed by atoms with van der Waals surface area (Å²) in [6.07, 6.45) is 3.20. The van der Waals surface area contributed by atoms with Gasteiger partial charge in [-0.1, -0.05) is 26.0 Å². The fraction of sp³-hybridized carbons (Fsp3) is 0.667. The average molecular weight is 408 g/mol. The van der Waals surface area contributed by atoms with E-state index in [0.29, 0.717) is 37.0 Å². The molecule has 0 spiro atoms. The third kappa shape index (κ3) is 4.42. The van der Waals surface area contributed by atoms with E-state index >= 15 is 0 Å². The predicted molar refractivity (Wildman–Crippen MR) is 111 cm³/mol. The number of piperazine rings is 1. The number of amides is 1. The van der Waals surface area contributed by atoms with Gasteiger partial charge in [-0.05, 0) is 49.8 Å². The first-order valence-corrected chi connectivity index (χ1v) is 11.9. The first-order chi connectivity index (χ1) is 13.3. The normalized spacial score (nSPS) is 21.6. The highest BCUT2D eigenvalue weighted by atomic mass is 32.2. The zero-order chi connectivity index (χ0) is 20.3. The molecule has 0 N–H and O–H groups in total. The molecular weight excluding hydrogens is 374 g/mol. The monoisotopic (exact) mass is 407 g/mol. The van der Waals surface area contributed by atoms with Gasteiger partial charge < -0.3 is 4.90 Å². The number of nitrogens with zero attached hydrogens (tertiary/aromatic N) is 3. The van der Waals surface area contributed by atoms with Crippen LogP contribution in [-0.4, -0.2) is 73.7 Å². The van der Waals surface area contributed by atoms with Gasteiger partial charge in [0.2, 0.25) is 15.9 Å². The maximum absolute atomic E-state index is 13.0. The van der Waals surface area contributed by atoms with E-state index in [1.165, 1.54) is 5.56 Å². The fourth-order valence-corrected chi connectivity index (χ4v) is 5.46. The number of rotatable bonds is 6. The van der Waals surface area contributed by atoms with E-state index in [2.05, 4.69) is 18.7 Å². The molecule has 0 aromatic heterocycles. The third-order valence-corrected chi connectivity index (χ3v) is 8.21. The van der Waals surface area contributed by atoms with Crippen molar-refractivity contribution >= 4 is 15.9 Å². The van der Waals surface area contributed by atoms with Crippen LogP contribution in [-0.2, 0) is 14.8 Å². The second kappa shape index (κ2) is 8.93. The molecule has 0 saturated carbocycles. The number of likely N-dealkylation sites (tertiary alicyclic amines) is 1. The Morgan fingerprint density at radius 1 is 0.964 bits per heavy atom. The van der Waals surface area contributed by atoms with Crippen LogP contribution in [0.25, 0.3) is 0 Å². The second-order valence-electron chi connectivity index (χ2n) is 8.03. The van der Waals surface area contributed by atoms with Crippen molar-refractivity contribution < 1.29 is 13.2 Å². The molecule has 2 atom stereocenters. The lowest BCUT2D eigenvalue weighted by molar-refractivity contribution is -0.135. The molecule has 1 amide bonds. The van der Waals surface area contributed by atoms with E-state index in [0.717, 1.165) is 32.4 Å². The van der Waals surface area contributed by atoms with Crippen LogP contribution in [0.4, 0.5) is 0 Å². The smallest absolute Gasteiger partial charge is 0.243 e. The van der Waals surface area contributed by atoms with E-state index in [-0.39, 0.29) is 11.9 Å². The Balaban J connectivity index is 1.61. The SMILES string of the molecule is CC[C@@H](C)c1ccc(S(=O)(=O)N2CCN([C@H](C)C(=O)N3CCCC3)CC2)cc1. The number of benzene rings is 1. The van der Waals surface area contributed by atoms with Gasteiger partial charge >= 0.3 is 0 Å². The van der Waals surface area contributed by atoms with Crippen molar-refractivity contribution in [2.45, 2.75) is 56.9 Å². The van der Waals surface area contributed by atoms with Crippen LogP contribution in [0, 0.1) is 0 Å². The summed E-state index contributed by atoms with van der Waals surface area (Å²) in [6.45, 7) is 9.94. The lowest BCUT2D eigenvalue weighted by Crippen LogP contribution is -2.55. The number of carbonyl (C=O) groups excluding carboxylic acids is 1. The molecule has 3 rings (SSSR count). The summed E-state index contributed by atoms with van der Waals surface area (Å²) in [5.41, 5.74) is 1.17. The highest BCUT2D eigenvalue weighted by molar-refractivity contribution is 7.89. The minimum Gasteiger partial charge on any atom is -0.341 e. The summed E-state index contributed by atoms with van der Waals surface area (Å²) < 4.78 is 27.5. The largest absolute Gasteiger partial charge is 0.341 e. The molecule has 0 bridgehead atoms. The summed E-state index contributed by atoms with van der Waals surface area (Å²) in [7, 11) is -3.48. The quantitative estimate of drug-likeness (QED) is 0.727. The summed E-state index contributed by atoms with van der Waals surface area (Å²) in [5.74, 6) is 0.601. The zero-order valence-corrected chi connectivity index (χ0v) is 18.1. The van der Waals surface area contributed by atoms with Crippen molar-refractivity contribution in [1.82, 2.24) is 14.1 Å². The first kappa shape index (κ1) is 21.3. The second-order valence-corrected chi connectivity index (χ2v) is 9.96. The maximum atomic E-state index is 13.0. The summed E-state index contributed by atoms with van der Waals surface area (Å²) in [6, 6.07) is 7.12. The molecule has 2 aliphatic heterocycles. The lowest BCUT2D eigenvalue weighted by atomic mass is 9.99. The highest BCUT2D eigenvalue weighted by Crippen LogP contribution is 2.23. The van der Waals surface area contributed by atoms with Crippen LogP contribution in [0.1, 0.15) is 51.5 Å². The molecular formula is C21H33N3O3S. The topological polar surface area (TPSA) is 60.9 Å². The molecule has 2 saturated heterocycles. The first-order valence-electron chi connectivity index (χ1n) is 10.5. The Labute approximate surface area is 169 Å². The fourth-order valence-electron chi connectivity index (χ4n) is 4.04. The molecule has 0 unspecified atom stereocenters. The van der Waals surface area contributed by atoms with E-state index in [1.807, 2.05) is 24.0 Å². The Hall–Kier alpha value is -1.44. The van der Waals surface area contributed by atoms with Crippen LogP contribution >= 0.6 is 0 Å². The van der Waals surface area contributed by atoms with Crippen LogP contribution in [0.2, 0.25) is 0 Å². The Bertz CT molecular complexity index is 765. The van der Waals surface area contributed by atoms with Crippen molar-refractivity contribution in [2.24, 2.45) is 0 Å². The summed E-state index contributed by atoms with van der Waals surface area (Å²) in [4.78, 5) is 17.0. The van der Waals surface area contributed by atoms with Gasteiger partial charge in [0.1, 0.15) is 0 Å². The van der Waals surface area contributed by atoms with Crippen LogP contribution in [0.5, 0.6) is 0 Å². The van der Waals surface area contributed by atoms with E-state index in [1.54, 1.807) is 16.4 Å². The number of carbonyl (C=O) groups is 1. The van der Waals surface area contributed by atoms with Crippen molar-refractivity contribution in [2.75, 3.05) is 39.3 Å². The lowest BCUT2D eigenvalue weighted by Gasteiger charge is -2.37. The zero-order valence-electron chi connectivity index (χ0n) is 17.3. The molecule has 7 heteroatoms. The number of hydrogen-bond acceptors (Lipinski definition) is 4. The van der Waals surface area contributed by atoms with Gasteiger partial charge in [0.05, 0.1) is 10.9 Å². The van der Waals surface area contributed by atoms with E-state index in [9.17, 15) is 13.2 Å². The van der Waals surface area contributed by atoms with Gasteiger partial charge in [0.15, 0.2) is 0 Å². The van der Waals surface area contributed by atoms with Crippen LogP contribution in [0.3, 0.4) is 0 Å². The highest BCUT2D eigenvalue weighted by Gasteiger charge is 2.33. The van der Waals surface area contributed by atoms with Crippen molar-refractivity contribution in [1.29, 1.82) is 0 Å². The van der Waals surface area contributed by atoms with Crippen LogP contribution in [0.15, 0.2) is 29.2 Å². The Morgan fingerprint density at radius 3 is 2.07 bits per heavy atom. The molecule has 2 aliphatic rings. The standard InChI is InChI=1S/C21H33N3O3S/c1-4-17(2)19-7-9-20(10-8-19)28(26,27)24-15-13-22(14-16-24)18(3)21(25)23-11-5-6-12-23/h7-10,17-18H,4-6,11-16H2,1-3H3/t17-,18-/m1/s1. The minimum absolute atomic E-state index is 0.175. The van der Waals surface area contributed by atoms with Gasteiger partial charge in [0.25, 0.3) is 0 Å². The van der Waals surface area contributed by atoms with Gasteiger partial charge in [-0.3, -0.25) is 9.69 Å². The average Bonchev–Trinajstić information content (AvgIpc) is 3.27. The number of hydrogen-bond donors (Lipinski definition) is 0. The van der Waals surface area contributed by atoms with Crippen molar-refractivity contribution in [3.8, 4) is 0 Å². The molecule has 156 valence electrons. The van der Waals surface area contributed by atoms with E-state index < -0.39 is 10.0 Å². The molecule has 2 heterocycles. The van der Waals surface area contributed by atoms with Gasteiger partial charge in [0, 0.05) is 39.3 Å². The van der Waals surface area contributed by atoms with Gasteiger partial charge in [-0.25, -0.2) is 8.42 Å². The molecule has 0 aliphatic carbocycles.